The molecule has 0 aliphatic heterocycles. The minimum Gasteiger partial charge on any atom is -0.462 e. The zero-order valence-electron chi connectivity index (χ0n) is 14.9. The Morgan fingerprint density at radius 3 is 2.84 bits per heavy atom. The first-order valence-corrected chi connectivity index (χ1v) is 8.20. The predicted octanol–water partition coefficient (Wildman–Crippen LogP) is 2.45. The van der Waals surface area contributed by atoms with Crippen molar-refractivity contribution < 1.29 is 14.6 Å². The van der Waals surface area contributed by atoms with E-state index < -0.39 is 5.60 Å². The highest BCUT2D eigenvalue weighted by molar-refractivity contribution is 5.97. The number of rotatable bonds is 5. The van der Waals surface area contributed by atoms with Crippen molar-refractivity contribution in [1.29, 1.82) is 0 Å². The highest BCUT2D eigenvalue weighted by Gasteiger charge is 2.18. The Morgan fingerprint density at radius 2 is 2.16 bits per heavy atom. The van der Waals surface area contributed by atoms with E-state index in [2.05, 4.69) is 10.2 Å². The van der Waals surface area contributed by atoms with E-state index in [0.29, 0.717) is 24.2 Å². The van der Waals surface area contributed by atoms with Crippen LogP contribution in [0.3, 0.4) is 0 Å². The number of hydrogen-bond acceptors (Lipinski definition) is 5. The van der Waals surface area contributed by atoms with Gasteiger partial charge in [0.15, 0.2) is 0 Å². The van der Waals surface area contributed by atoms with Crippen molar-refractivity contribution in [2.45, 2.75) is 39.8 Å². The van der Waals surface area contributed by atoms with Gasteiger partial charge in [-0.05, 0) is 45.4 Å². The molecule has 3 heterocycles. The number of aromatic nitrogens is 4. The molecule has 0 bridgehead atoms. The van der Waals surface area contributed by atoms with Gasteiger partial charge in [-0.1, -0.05) is 0 Å². The lowest BCUT2D eigenvalue weighted by molar-refractivity contribution is 0.0527. The first-order valence-electron chi connectivity index (χ1n) is 8.20. The largest absolute Gasteiger partial charge is 0.462 e. The molecule has 0 saturated carbocycles. The van der Waals surface area contributed by atoms with Crippen LogP contribution in [-0.4, -0.2) is 42.7 Å². The fourth-order valence-corrected chi connectivity index (χ4v) is 2.79. The minimum atomic E-state index is -0.845. The molecule has 0 aromatic carbocycles. The van der Waals surface area contributed by atoms with E-state index in [1.807, 2.05) is 25.3 Å². The molecule has 0 atom stereocenters. The van der Waals surface area contributed by atoms with Crippen LogP contribution >= 0.6 is 0 Å². The van der Waals surface area contributed by atoms with Gasteiger partial charge in [0.25, 0.3) is 0 Å². The first-order chi connectivity index (χ1) is 11.8. The number of nitrogens with zero attached hydrogens (tertiary/aromatic N) is 4. The van der Waals surface area contributed by atoms with Crippen LogP contribution in [0, 0.1) is 6.92 Å². The van der Waals surface area contributed by atoms with Gasteiger partial charge in [0.2, 0.25) is 0 Å². The highest BCUT2D eigenvalue weighted by Crippen LogP contribution is 2.26. The van der Waals surface area contributed by atoms with E-state index in [0.717, 1.165) is 16.8 Å². The summed E-state index contributed by atoms with van der Waals surface area (Å²) in [6, 6.07) is 3.82. The Balaban J connectivity index is 2.02. The lowest BCUT2D eigenvalue weighted by Crippen LogP contribution is -2.26. The smallest absolute Gasteiger partial charge is 0.341 e. The third kappa shape index (κ3) is 3.56. The van der Waals surface area contributed by atoms with Crippen LogP contribution in [-0.2, 0) is 11.3 Å². The quantitative estimate of drug-likeness (QED) is 0.720. The second kappa shape index (κ2) is 6.33. The summed E-state index contributed by atoms with van der Waals surface area (Å²) in [6.45, 7) is 7.90. The zero-order chi connectivity index (χ0) is 18.2. The molecule has 3 rings (SSSR count). The predicted molar refractivity (Wildman–Crippen MR) is 93.4 cm³/mol. The van der Waals surface area contributed by atoms with E-state index in [9.17, 15) is 9.90 Å². The van der Waals surface area contributed by atoms with Gasteiger partial charge in [0, 0.05) is 18.0 Å². The molecule has 0 fully saturated rings. The summed E-state index contributed by atoms with van der Waals surface area (Å²) < 4.78 is 8.46. The fourth-order valence-electron chi connectivity index (χ4n) is 2.79. The van der Waals surface area contributed by atoms with E-state index in [1.165, 1.54) is 6.20 Å². The van der Waals surface area contributed by atoms with Crippen LogP contribution in [0.15, 0.2) is 30.7 Å². The maximum atomic E-state index is 12.1. The summed E-state index contributed by atoms with van der Waals surface area (Å²) in [5.41, 5.74) is 3.00. The third-order valence-corrected chi connectivity index (χ3v) is 3.82. The molecular formula is C18H22N4O3. The van der Waals surface area contributed by atoms with Gasteiger partial charge in [-0.3, -0.25) is 4.68 Å². The van der Waals surface area contributed by atoms with Crippen LogP contribution in [0.1, 0.15) is 36.8 Å². The van der Waals surface area contributed by atoms with Crippen LogP contribution in [0.4, 0.5) is 0 Å². The van der Waals surface area contributed by atoms with Gasteiger partial charge in [-0.2, -0.15) is 10.2 Å². The molecule has 0 aliphatic rings. The van der Waals surface area contributed by atoms with Crippen molar-refractivity contribution in [2.75, 3.05) is 6.61 Å². The van der Waals surface area contributed by atoms with Gasteiger partial charge in [-0.15, -0.1) is 0 Å². The molecule has 1 N–H and O–H groups in total. The van der Waals surface area contributed by atoms with Crippen molar-refractivity contribution in [3.8, 4) is 11.1 Å². The Hall–Kier alpha value is -2.67. The second-order valence-electron chi connectivity index (χ2n) is 6.66. The van der Waals surface area contributed by atoms with Crippen molar-refractivity contribution in [3.63, 3.8) is 0 Å². The Morgan fingerprint density at radius 1 is 1.40 bits per heavy atom. The number of carbonyl (C=O) groups excluding carboxylic acids is 1. The Bertz CT molecular complexity index is 918. The zero-order valence-corrected chi connectivity index (χ0v) is 14.9. The van der Waals surface area contributed by atoms with E-state index >= 15 is 0 Å². The van der Waals surface area contributed by atoms with Gasteiger partial charge in [-0.25, -0.2) is 9.31 Å². The average Bonchev–Trinajstić information content (AvgIpc) is 3.08. The van der Waals surface area contributed by atoms with Gasteiger partial charge in [0.1, 0.15) is 5.56 Å². The highest BCUT2D eigenvalue weighted by atomic mass is 16.5. The van der Waals surface area contributed by atoms with Crippen LogP contribution < -0.4 is 0 Å². The molecule has 7 heteroatoms. The lowest BCUT2D eigenvalue weighted by atomic mass is 10.1. The molecule has 0 amide bonds. The summed E-state index contributed by atoms with van der Waals surface area (Å²) in [6.07, 6.45) is 5.22. The summed E-state index contributed by atoms with van der Waals surface area (Å²) in [7, 11) is 0. The fraction of sp³-hybridized carbons (Fsp3) is 0.389. The van der Waals surface area contributed by atoms with Gasteiger partial charge < -0.3 is 9.84 Å². The third-order valence-electron chi connectivity index (χ3n) is 3.82. The van der Waals surface area contributed by atoms with Crippen LogP contribution in [0.25, 0.3) is 16.6 Å². The van der Waals surface area contributed by atoms with Crippen molar-refractivity contribution in [2.24, 2.45) is 0 Å². The molecular weight excluding hydrogens is 320 g/mol. The number of carbonyl (C=O) groups is 1. The molecule has 0 spiro atoms. The SMILES string of the molecule is CCOC(=O)c1cnn2ccc(-c3cn(CC(C)(C)O)nc3C)cc12. The molecule has 0 unspecified atom stereocenters. The van der Waals surface area contributed by atoms with Gasteiger partial charge >= 0.3 is 5.97 Å². The molecule has 7 nitrogen and oxygen atoms in total. The molecule has 25 heavy (non-hydrogen) atoms. The maximum Gasteiger partial charge on any atom is 0.341 e. The molecule has 3 aromatic rings. The second-order valence-corrected chi connectivity index (χ2v) is 6.66. The van der Waals surface area contributed by atoms with Crippen LogP contribution in [0.2, 0.25) is 0 Å². The lowest BCUT2D eigenvalue weighted by Gasteiger charge is -2.16. The monoisotopic (exact) mass is 342 g/mol. The minimum absolute atomic E-state index is 0.318. The standard InChI is InChI=1S/C18H22N4O3/c1-5-25-17(23)14-9-19-22-7-6-13(8-16(14)22)15-10-21(20-12(15)2)11-18(3,4)24/h6-10,24H,5,11H2,1-4H3. The summed E-state index contributed by atoms with van der Waals surface area (Å²) >= 11 is 0. The maximum absolute atomic E-state index is 12.1. The molecule has 0 aliphatic carbocycles. The number of ether oxygens (including phenoxy) is 1. The summed E-state index contributed by atoms with van der Waals surface area (Å²) in [5.74, 6) is -0.385. The van der Waals surface area contributed by atoms with Crippen molar-refractivity contribution >= 4 is 11.5 Å². The summed E-state index contributed by atoms with van der Waals surface area (Å²) in [5, 5.41) is 18.6. The topological polar surface area (TPSA) is 81.6 Å². The average molecular weight is 342 g/mol. The van der Waals surface area contributed by atoms with Crippen LogP contribution in [0.5, 0.6) is 0 Å². The number of pyridine rings is 1. The molecule has 132 valence electrons. The number of esters is 1. The van der Waals surface area contributed by atoms with E-state index in [1.54, 1.807) is 36.2 Å². The van der Waals surface area contributed by atoms with Crippen molar-refractivity contribution in [3.05, 3.63) is 42.0 Å². The molecule has 0 saturated heterocycles. The molecule has 0 radical (unpaired) electrons. The Kier molecular flexibility index (Phi) is 4.34. The van der Waals surface area contributed by atoms with Gasteiger partial charge in [0.05, 0.1) is 36.2 Å². The number of hydrogen-bond donors (Lipinski definition) is 1. The Labute approximate surface area is 145 Å². The van der Waals surface area contributed by atoms with Crippen molar-refractivity contribution in [1.82, 2.24) is 19.4 Å². The molecule has 3 aromatic heterocycles. The first kappa shape index (κ1) is 17.2. The van der Waals surface area contributed by atoms with E-state index in [-0.39, 0.29) is 5.97 Å². The summed E-state index contributed by atoms with van der Waals surface area (Å²) in [4.78, 5) is 12.1. The number of fused-ring (bicyclic) bond motifs is 1. The number of aryl methyl sites for hydroxylation is 1. The normalized spacial score (nSPS) is 11.9. The van der Waals surface area contributed by atoms with E-state index in [4.69, 9.17) is 4.74 Å². The number of aliphatic hydroxyl groups is 1.